The summed E-state index contributed by atoms with van der Waals surface area (Å²) < 4.78 is 15.9. The number of ether oxygens (including phenoxy) is 2. The van der Waals surface area contributed by atoms with Crippen LogP contribution in [0, 0.1) is 0 Å². The summed E-state index contributed by atoms with van der Waals surface area (Å²) in [6.07, 6.45) is 1.77. The molecule has 0 spiro atoms. The van der Waals surface area contributed by atoms with E-state index in [9.17, 15) is 4.79 Å². The molecular weight excluding hydrogens is 260 g/mol. The zero-order valence-corrected chi connectivity index (χ0v) is 11.4. The molecule has 1 aromatic carbocycles. The number of methoxy groups -OCH3 is 1. The molecule has 0 saturated heterocycles. The van der Waals surface area contributed by atoms with Gasteiger partial charge in [-0.3, -0.25) is 0 Å². The van der Waals surface area contributed by atoms with Gasteiger partial charge in [-0.1, -0.05) is 0 Å². The van der Waals surface area contributed by atoms with Crippen LogP contribution in [-0.2, 0) is 0 Å². The Morgan fingerprint density at radius 2 is 2.15 bits per heavy atom. The molecule has 0 saturated carbocycles. The van der Waals surface area contributed by atoms with Crippen molar-refractivity contribution in [2.45, 2.75) is 6.92 Å². The first-order valence-electron chi connectivity index (χ1n) is 6.15. The van der Waals surface area contributed by atoms with Gasteiger partial charge < -0.3 is 19.0 Å². The largest absolute Gasteiger partial charge is 0.493 e. The van der Waals surface area contributed by atoms with Crippen molar-refractivity contribution in [2.24, 2.45) is 0 Å². The molecule has 5 nitrogen and oxygen atoms in total. The molecule has 1 aromatic heterocycles. The summed E-state index contributed by atoms with van der Waals surface area (Å²) in [5.41, 5.74) is 0.845. The molecule has 106 valence electrons. The SMILES string of the molecule is COc1cc2ccc(=O)oc2cc1OCC=C(C)CO. The zero-order valence-electron chi connectivity index (χ0n) is 11.4. The quantitative estimate of drug-likeness (QED) is 0.669. The molecule has 0 aliphatic carbocycles. The van der Waals surface area contributed by atoms with E-state index in [1.165, 1.54) is 6.07 Å². The Bertz CT molecular complexity index is 684. The minimum Gasteiger partial charge on any atom is -0.493 e. The van der Waals surface area contributed by atoms with Gasteiger partial charge in [-0.25, -0.2) is 4.79 Å². The Hall–Kier alpha value is -2.27. The van der Waals surface area contributed by atoms with Gasteiger partial charge >= 0.3 is 5.63 Å². The van der Waals surface area contributed by atoms with Crippen molar-refractivity contribution in [3.63, 3.8) is 0 Å². The van der Waals surface area contributed by atoms with E-state index < -0.39 is 5.63 Å². The predicted octanol–water partition coefficient (Wildman–Crippen LogP) is 2.12. The van der Waals surface area contributed by atoms with Crippen LogP contribution in [0.15, 0.2) is 45.1 Å². The molecular formula is C15H16O5. The van der Waals surface area contributed by atoms with Crippen LogP contribution in [0.3, 0.4) is 0 Å². The van der Waals surface area contributed by atoms with E-state index in [2.05, 4.69) is 0 Å². The number of fused-ring (bicyclic) bond motifs is 1. The van der Waals surface area contributed by atoms with Gasteiger partial charge in [0.2, 0.25) is 0 Å². The maximum Gasteiger partial charge on any atom is 0.336 e. The van der Waals surface area contributed by atoms with Crippen molar-refractivity contribution in [2.75, 3.05) is 20.3 Å². The molecule has 0 amide bonds. The third-order valence-corrected chi connectivity index (χ3v) is 2.83. The van der Waals surface area contributed by atoms with Crippen LogP contribution in [0.25, 0.3) is 11.0 Å². The minimum absolute atomic E-state index is 0.00685. The fraction of sp³-hybridized carbons (Fsp3) is 0.267. The molecule has 0 unspecified atom stereocenters. The summed E-state index contributed by atoms with van der Waals surface area (Å²) in [7, 11) is 1.54. The number of hydrogen-bond donors (Lipinski definition) is 1. The third-order valence-electron chi connectivity index (χ3n) is 2.83. The van der Waals surface area contributed by atoms with E-state index in [0.717, 1.165) is 11.0 Å². The molecule has 1 N–H and O–H groups in total. The van der Waals surface area contributed by atoms with Gasteiger partial charge in [-0.05, 0) is 30.7 Å². The molecule has 0 atom stereocenters. The molecule has 0 aliphatic heterocycles. The van der Waals surface area contributed by atoms with E-state index in [-0.39, 0.29) is 6.61 Å². The zero-order chi connectivity index (χ0) is 14.5. The highest BCUT2D eigenvalue weighted by Crippen LogP contribution is 2.31. The number of aliphatic hydroxyl groups excluding tert-OH is 1. The average molecular weight is 276 g/mol. The third kappa shape index (κ3) is 3.19. The standard InChI is InChI=1S/C15H16O5/c1-10(9-16)5-6-19-14-8-12-11(7-13(14)18-2)3-4-15(17)20-12/h3-5,7-8,16H,6,9H2,1-2H3. The summed E-state index contributed by atoms with van der Waals surface area (Å²) in [5.74, 6) is 1.04. The van der Waals surface area contributed by atoms with Crippen molar-refractivity contribution in [3.8, 4) is 11.5 Å². The molecule has 5 heteroatoms. The Morgan fingerprint density at radius 3 is 2.85 bits per heavy atom. The Balaban J connectivity index is 2.33. The summed E-state index contributed by atoms with van der Waals surface area (Å²) in [4.78, 5) is 11.2. The lowest BCUT2D eigenvalue weighted by Crippen LogP contribution is -2.00. The smallest absolute Gasteiger partial charge is 0.336 e. The van der Waals surface area contributed by atoms with E-state index in [1.54, 1.807) is 38.3 Å². The van der Waals surface area contributed by atoms with Gasteiger partial charge in [0.15, 0.2) is 11.5 Å². The predicted molar refractivity (Wildman–Crippen MR) is 75.4 cm³/mol. The van der Waals surface area contributed by atoms with Gasteiger partial charge in [0.1, 0.15) is 12.2 Å². The van der Waals surface area contributed by atoms with E-state index in [4.69, 9.17) is 19.0 Å². The molecule has 1 heterocycles. The van der Waals surface area contributed by atoms with E-state index in [0.29, 0.717) is 23.7 Å². The van der Waals surface area contributed by atoms with Crippen LogP contribution in [0.5, 0.6) is 11.5 Å². The Kier molecular flexibility index (Phi) is 4.42. The van der Waals surface area contributed by atoms with E-state index in [1.807, 2.05) is 0 Å². The summed E-state index contributed by atoms with van der Waals surface area (Å²) in [6, 6.07) is 6.40. The average Bonchev–Trinajstić information content (AvgIpc) is 2.46. The minimum atomic E-state index is -0.412. The highest BCUT2D eigenvalue weighted by Gasteiger charge is 2.08. The van der Waals surface area contributed by atoms with Crippen LogP contribution in [0.1, 0.15) is 6.92 Å². The Morgan fingerprint density at radius 1 is 1.35 bits per heavy atom. The molecule has 2 rings (SSSR count). The maximum absolute atomic E-state index is 11.2. The van der Waals surface area contributed by atoms with Crippen molar-refractivity contribution in [3.05, 3.63) is 46.3 Å². The molecule has 2 aromatic rings. The van der Waals surface area contributed by atoms with Crippen LogP contribution in [0.2, 0.25) is 0 Å². The molecule has 0 fully saturated rings. The van der Waals surface area contributed by atoms with Gasteiger partial charge in [0.25, 0.3) is 0 Å². The van der Waals surface area contributed by atoms with Crippen LogP contribution >= 0.6 is 0 Å². The fourth-order valence-electron chi connectivity index (χ4n) is 1.69. The highest BCUT2D eigenvalue weighted by molar-refractivity contribution is 5.80. The first kappa shape index (κ1) is 14.1. The van der Waals surface area contributed by atoms with Crippen molar-refractivity contribution < 1.29 is 19.0 Å². The second-order valence-electron chi connectivity index (χ2n) is 4.31. The number of aliphatic hydroxyl groups is 1. The number of rotatable bonds is 5. The lowest BCUT2D eigenvalue weighted by molar-refractivity contribution is 0.316. The molecule has 0 bridgehead atoms. The number of hydrogen-bond acceptors (Lipinski definition) is 5. The Labute approximate surface area is 116 Å². The fourth-order valence-corrected chi connectivity index (χ4v) is 1.69. The maximum atomic E-state index is 11.2. The summed E-state index contributed by atoms with van der Waals surface area (Å²) >= 11 is 0. The first-order valence-corrected chi connectivity index (χ1v) is 6.15. The molecule has 0 aliphatic rings. The van der Waals surface area contributed by atoms with Crippen LogP contribution in [0.4, 0.5) is 0 Å². The van der Waals surface area contributed by atoms with Gasteiger partial charge in [0.05, 0.1) is 13.7 Å². The normalized spacial score (nSPS) is 11.7. The lowest BCUT2D eigenvalue weighted by atomic mass is 10.2. The molecule has 0 radical (unpaired) electrons. The van der Waals surface area contributed by atoms with Gasteiger partial charge in [0, 0.05) is 17.5 Å². The van der Waals surface area contributed by atoms with Crippen LogP contribution < -0.4 is 15.1 Å². The summed E-state index contributed by atoms with van der Waals surface area (Å²) in [5, 5.41) is 9.67. The van der Waals surface area contributed by atoms with Gasteiger partial charge in [-0.15, -0.1) is 0 Å². The highest BCUT2D eigenvalue weighted by atomic mass is 16.5. The van der Waals surface area contributed by atoms with Crippen LogP contribution in [-0.4, -0.2) is 25.4 Å². The van der Waals surface area contributed by atoms with Crippen molar-refractivity contribution in [1.29, 1.82) is 0 Å². The topological polar surface area (TPSA) is 68.9 Å². The van der Waals surface area contributed by atoms with Crippen molar-refractivity contribution in [1.82, 2.24) is 0 Å². The lowest BCUT2D eigenvalue weighted by Gasteiger charge is -2.10. The second-order valence-corrected chi connectivity index (χ2v) is 4.31. The molecule has 20 heavy (non-hydrogen) atoms. The second kappa shape index (κ2) is 6.25. The van der Waals surface area contributed by atoms with Crippen molar-refractivity contribution >= 4 is 11.0 Å². The number of benzene rings is 1. The van der Waals surface area contributed by atoms with E-state index >= 15 is 0 Å². The first-order chi connectivity index (χ1) is 9.63. The van der Waals surface area contributed by atoms with Gasteiger partial charge in [-0.2, -0.15) is 0 Å². The summed E-state index contributed by atoms with van der Waals surface area (Å²) in [6.45, 7) is 2.10. The monoisotopic (exact) mass is 276 g/mol.